The van der Waals surface area contributed by atoms with Gasteiger partial charge in [-0.2, -0.15) is 5.10 Å². The van der Waals surface area contributed by atoms with E-state index in [4.69, 9.17) is 5.11 Å². The first-order chi connectivity index (χ1) is 7.16. The van der Waals surface area contributed by atoms with Crippen LogP contribution < -0.4 is 5.43 Å². The van der Waals surface area contributed by atoms with Crippen molar-refractivity contribution in [2.24, 2.45) is 5.10 Å². The number of carbonyl (C=O) groups excluding carboxylic acids is 1. The average Bonchev–Trinajstić information content (AvgIpc) is 2.23. The van der Waals surface area contributed by atoms with Crippen molar-refractivity contribution in [1.29, 1.82) is 0 Å². The number of phenols is 1. The van der Waals surface area contributed by atoms with Gasteiger partial charge in [0.05, 0.1) is 5.71 Å². The minimum atomic E-state index is -1.05. The molecule has 0 spiro atoms. The highest BCUT2D eigenvalue weighted by Crippen LogP contribution is 2.14. The van der Waals surface area contributed by atoms with Gasteiger partial charge < -0.3 is 10.2 Å². The molecule has 0 fully saturated rings. The topological polar surface area (TPSA) is 81.9 Å². The van der Waals surface area contributed by atoms with Crippen molar-refractivity contribution in [3.05, 3.63) is 29.8 Å². The summed E-state index contributed by atoms with van der Waals surface area (Å²) in [5, 5.41) is 22.2. The van der Waals surface area contributed by atoms with Gasteiger partial charge in [0.25, 0.3) is 5.91 Å². The smallest absolute Gasteiger partial charge is 0.269 e. The van der Waals surface area contributed by atoms with Gasteiger partial charge in [-0.1, -0.05) is 0 Å². The third-order valence-corrected chi connectivity index (χ3v) is 2.19. The summed E-state index contributed by atoms with van der Waals surface area (Å²) < 4.78 is 0. The minimum absolute atomic E-state index is 0.166. The van der Waals surface area contributed by atoms with Crippen molar-refractivity contribution in [2.45, 2.75) is 12.5 Å². The molecule has 78 valence electrons. The monoisotopic (exact) mass is 206 g/mol. The fourth-order valence-corrected chi connectivity index (χ4v) is 1.35. The molecule has 1 aliphatic heterocycles. The Kier molecular flexibility index (Phi) is 2.39. The molecule has 1 atom stereocenters. The van der Waals surface area contributed by atoms with Crippen LogP contribution in [-0.2, 0) is 4.79 Å². The van der Waals surface area contributed by atoms with Crippen LogP contribution in [0.3, 0.4) is 0 Å². The van der Waals surface area contributed by atoms with Crippen molar-refractivity contribution in [3.8, 4) is 5.75 Å². The van der Waals surface area contributed by atoms with Crippen molar-refractivity contribution in [2.75, 3.05) is 0 Å². The summed E-state index contributed by atoms with van der Waals surface area (Å²) in [6, 6.07) is 6.41. The number of hydrogen-bond acceptors (Lipinski definition) is 4. The Hall–Kier alpha value is -1.88. The molecule has 0 aliphatic carbocycles. The molecule has 0 saturated carbocycles. The lowest BCUT2D eigenvalue weighted by Gasteiger charge is -2.16. The highest BCUT2D eigenvalue weighted by atomic mass is 16.3. The van der Waals surface area contributed by atoms with Gasteiger partial charge in [0.15, 0.2) is 0 Å². The first-order valence-electron chi connectivity index (χ1n) is 4.50. The molecule has 0 aromatic heterocycles. The van der Waals surface area contributed by atoms with Crippen LogP contribution in [0.1, 0.15) is 12.0 Å². The number of aliphatic hydroxyl groups excluding tert-OH is 1. The number of nitrogens with one attached hydrogen (secondary N) is 1. The number of hydrogen-bond donors (Lipinski definition) is 3. The van der Waals surface area contributed by atoms with Crippen molar-refractivity contribution in [1.82, 2.24) is 5.43 Å². The number of rotatable bonds is 1. The number of hydrazone groups is 1. The zero-order chi connectivity index (χ0) is 10.8. The number of carbonyl (C=O) groups is 1. The van der Waals surface area contributed by atoms with Crippen molar-refractivity contribution in [3.63, 3.8) is 0 Å². The predicted molar refractivity (Wildman–Crippen MR) is 53.4 cm³/mol. The zero-order valence-corrected chi connectivity index (χ0v) is 7.84. The number of nitrogens with zero attached hydrogens (tertiary/aromatic N) is 1. The van der Waals surface area contributed by atoms with Crippen LogP contribution in [0.15, 0.2) is 29.4 Å². The molecular formula is C10H10N2O3. The van der Waals surface area contributed by atoms with E-state index in [2.05, 4.69) is 10.5 Å². The second-order valence-corrected chi connectivity index (χ2v) is 3.30. The van der Waals surface area contributed by atoms with Gasteiger partial charge in [0.1, 0.15) is 11.9 Å². The van der Waals surface area contributed by atoms with Crippen LogP contribution in [0, 0.1) is 0 Å². The molecule has 3 N–H and O–H groups in total. The van der Waals surface area contributed by atoms with E-state index in [1.54, 1.807) is 12.1 Å². The first-order valence-corrected chi connectivity index (χ1v) is 4.50. The Morgan fingerprint density at radius 2 is 2.00 bits per heavy atom. The van der Waals surface area contributed by atoms with Gasteiger partial charge in [-0.25, -0.2) is 5.43 Å². The molecular weight excluding hydrogens is 196 g/mol. The number of aliphatic hydroxyl groups is 1. The summed E-state index contributed by atoms with van der Waals surface area (Å²) in [7, 11) is 0. The lowest BCUT2D eigenvalue weighted by atomic mass is 10.0. The van der Waals surface area contributed by atoms with Crippen LogP contribution in [0.2, 0.25) is 0 Å². The van der Waals surface area contributed by atoms with Gasteiger partial charge in [0, 0.05) is 6.42 Å². The van der Waals surface area contributed by atoms with E-state index in [0.717, 1.165) is 5.56 Å². The van der Waals surface area contributed by atoms with Gasteiger partial charge in [-0.05, 0) is 29.8 Å². The van der Waals surface area contributed by atoms with E-state index in [1.165, 1.54) is 12.1 Å². The first kappa shape index (κ1) is 9.67. The highest BCUT2D eigenvalue weighted by molar-refractivity contribution is 6.05. The summed E-state index contributed by atoms with van der Waals surface area (Å²) in [6.45, 7) is 0. The Balaban J connectivity index is 2.25. The van der Waals surface area contributed by atoms with Crippen molar-refractivity contribution < 1.29 is 15.0 Å². The molecule has 1 unspecified atom stereocenters. The van der Waals surface area contributed by atoms with E-state index in [0.29, 0.717) is 5.71 Å². The second kappa shape index (κ2) is 3.70. The van der Waals surface area contributed by atoms with E-state index < -0.39 is 12.0 Å². The quantitative estimate of drug-likeness (QED) is 0.603. The Morgan fingerprint density at radius 3 is 2.60 bits per heavy atom. The van der Waals surface area contributed by atoms with Gasteiger partial charge in [-0.3, -0.25) is 4.79 Å². The standard InChI is InChI=1S/C10H10N2O3/c13-7-3-1-6(2-4-7)8-5-9(14)10(15)12-11-8/h1-4,9,13-14H,5H2,(H,12,15). The number of aromatic hydroxyl groups is 1. The highest BCUT2D eigenvalue weighted by Gasteiger charge is 2.22. The number of benzene rings is 1. The Labute approximate surface area is 86.1 Å². The van der Waals surface area contributed by atoms with Gasteiger partial charge in [-0.15, -0.1) is 0 Å². The number of amides is 1. The molecule has 1 aromatic rings. The molecule has 5 nitrogen and oxygen atoms in total. The predicted octanol–water partition coefficient (Wildman–Crippen LogP) is -0.0229. The molecule has 1 aliphatic rings. The summed E-state index contributed by atoms with van der Waals surface area (Å²) >= 11 is 0. The average molecular weight is 206 g/mol. The van der Waals surface area contributed by atoms with Crippen LogP contribution in [0.5, 0.6) is 5.75 Å². The SMILES string of the molecule is O=C1NN=C(c2ccc(O)cc2)CC1O. The van der Waals surface area contributed by atoms with Crippen LogP contribution in [-0.4, -0.2) is 27.9 Å². The molecule has 0 bridgehead atoms. The maximum Gasteiger partial charge on any atom is 0.269 e. The van der Waals surface area contributed by atoms with E-state index in [-0.39, 0.29) is 12.2 Å². The molecule has 15 heavy (non-hydrogen) atoms. The van der Waals surface area contributed by atoms with Gasteiger partial charge >= 0.3 is 0 Å². The lowest BCUT2D eigenvalue weighted by molar-refractivity contribution is -0.129. The second-order valence-electron chi connectivity index (χ2n) is 3.30. The zero-order valence-electron chi connectivity index (χ0n) is 7.84. The van der Waals surface area contributed by atoms with Crippen molar-refractivity contribution >= 4 is 11.6 Å². The molecule has 1 amide bonds. The fourth-order valence-electron chi connectivity index (χ4n) is 1.35. The maximum atomic E-state index is 10.9. The summed E-state index contributed by atoms with van der Waals surface area (Å²) in [6.07, 6.45) is -0.859. The Bertz CT molecular complexity index is 411. The lowest BCUT2D eigenvalue weighted by Crippen LogP contribution is -2.38. The number of phenolic OH excluding ortho intramolecular Hbond substituents is 1. The van der Waals surface area contributed by atoms with Crippen LogP contribution in [0.25, 0.3) is 0 Å². The summed E-state index contributed by atoms with van der Waals surface area (Å²) in [5.41, 5.74) is 3.60. The maximum absolute atomic E-state index is 10.9. The third-order valence-electron chi connectivity index (χ3n) is 2.19. The summed E-state index contributed by atoms with van der Waals surface area (Å²) in [4.78, 5) is 10.9. The minimum Gasteiger partial charge on any atom is -0.508 e. The fraction of sp³-hybridized carbons (Fsp3) is 0.200. The largest absolute Gasteiger partial charge is 0.508 e. The molecule has 0 radical (unpaired) electrons. The summed E-state index contributed by atoms with van der Waals surface area (Å²) in [5.74, 6) is -0.322. The molecule has 5 heteroatoms. The van der Waals surface area contributed by atoms with Gasteiger partial charge in [0.2, 0.25) is 0 Å². The normalized spacial score (nSPS) is 20.7. The molecule has 2 rings (SSSR count). The van der Waals surface area contributed by atoms with Crippen LogP contribution in [0.4, 0.5) is 0 Å². The van der Waals surface area contributed by atoms with E-state index >= 15 is 0 Å². The molecule has 1 aromatic carbocycles. The van der Waals surface area contributed by atoms with E-state index in [1.807, 2.05) is 0 Å². The van der Waals surface area contributed by atoms with E-state index in [9.17, 15) is 9.90 Å². The Morgan fingerprint density at radius 1 is 1.33 bits per heavy atom. The molecule has 1 heterocycles. The molecule has 0 saturated heterocycles. The van der Waals surface area contributed by atoms with Crippen LogP contribution >= 0.6 is 0 Å². The third kappa shape index (κ3) is 1.97.